The topological polar surface area (TPSA) is 125 Å². The van der Waals surface area contributed by atoms with Crippen molar-refractivity contribution in [1.29, 1.82) is 0 Å². The Hall–Kier alpha value is -5.51. The van der Waals surface area contributed by atoms with Gasteiger partial charge in [0.05, 0.1) is 39.2 Å². The van der Waals surface area contributed by atoms with Gasteiger partial charge in [0.25, 0.3) is 11.8 Å². The summed E-state index contributed by atoms with van der Waals surface area (Å²) in [7, 11) is 5.98. The van der Waals surface area contributed by atoms with E-state index in [0.717, 1.165) is 0 Å². The minimum absolute atomic E-state index is 0.263. The average Bonchev–Trinajstić information content (AvgIpc) is 3.01. The van der Waals surface area contributed by atoms with Crippen LogP contribution in [0.5, 0.6) is 23.0 Å². The van der Waals surface area contributed by atoms with E-state index in [9.17, 15) is 14.4 Å². The Kier molecular flexibility index (Phi) is 7.47. The van der Waals surface area contributed by atoms with Gasteiger partial charge in [-0.1, -0.05) is 0 Å². The number of rotatable bonds is 8. The second kappa shape index (κ2) is 11.3. The molecule has 5 rings (SSSR count). The molecule has 1 heterocycles. The molecule has 0 unspecified atom stereocenters. The Morgan fingerprint density at radius 3 is 1.27 bits per heavy atom. The van der Waals surface area contributed by atoms with E-state index >= 15 is 0 Å². The molecule has 0 atom stereocenters. The van der Waals surface area contributed by atoms with Crippen LogP contribution in [0.1, 0.15) is 20.7 Å². The van der Waals surface area contributed by atoms with E-state index in [2.05, 4.69) is 10.6 Å². The summed E-state index contributed by atoms with van der Waals surface area (Å²) in [6.07, 6.45) is 0. The standard InChI is InChI=1S/C31H26N2O8/c1-37-21-9-17(10-22(15-21)38-2)30(35)32-19-5-7-27-25(13-19)29(34)26-14-20(6-8-28(26)41-27)33-31(36)18-11-23(39-3)16-24(12-18)40-4/h5-16H,1-4H3,(H,32,35)(H,33,36). The Morgan fingerprint density at radius 1 is 0.561 bits per heavy atom. The number of carbonyl (C=O) groups is 2. The average molecular weight is 555 g/mol. The maximum absolute atomic E-state index is 13.5. The van der Waals surface area contributed by atoms with E-state index in [1.807, 2.05) is 0 Å². The quantitative estimate of drug-likeness (QED) is 0.242. The SMILES string of the molecule is COc1cc(OC)cc(C(=O)Nc2ccc3oc4ccc(NC(=O)c5cc(OC)cc(OC)c5)cc4c(=O)c3c2)c1. The summed E-state index contributed by atoms with van der Waals surface area (Å²) in [4.78, 5) is 39.4. The first-order valence-electron chi connectivity index (χ1n) is 12.4. The van der Waals surface area contributed by atoms with Gasteiger partial charge < -0.3 is 34.0 Å². The molecule has 0 aliphatic carbocycles. The second-order valence-corrected chi connectivity index (χ2v) is 8.96. The van der Waals surface area contributed by atoms with Crippen molar-refractivity contribution < 1.29 is 33.0 Å². The summed E-state index contributed by atoms with van der Waals surface area (Å²) in [5, 5.41) is 6.12. The predicted octanol–water partition coefficient (Wildman–Crippen LogP) is 5.49. The molecule has 0 saturated heterocycles. The lowest BCUT2D eigenvalue weighted by atomic mass is 10.1. The van der Waals surface area contributed by atoms with Crippen LogP contribution in [0.3, 0.4) is 0 Å². The summed E-state index contributed by atoms with van der Waals surface area (Å²) in [6.45, 7) is 0. The number of methoxy groups -OCH3 is 4. The monoisotopic (exact) mass is 554 g/mol. The number of hydrogen-bond donors (Lipinski definition) is 2. The summed E-state index contributed by atoms with van der Waals surface area (Å²) >= 11 is 0. The van der Waals surface area contributed by atoms with Crippen molar-refractivity contribution in [3.63, 3.8) is 0 Å². The van der Waals surface area contributed by atoms with E-state index in [-0.39, 0.29) is 16.2 Å². The van der Waals surface area contributed by atoms with Crippen LogP contribution in [0.2, 0.25) is 0 Å². The van der Waals surface area contributed by atoms with Crippen LogP contribution < -0.4 is 35.0 Å². The molecule has 5 aromatic rings. The molecular formula is C31H26N2O8. The van der Waals surface area contributed by atoms with Crippen LogP contribution in [0.4, 0.5) is 11.4 Å². The summed E-state index contributed by atoms with van der Waals surface area (Å²) < 4.78 is 26.9. The Morgan fingerprint density at radius 2 is 0.927 bits per heavy atom. The minimum atomic E-state index is -0.411. The third-order valence-corrected chi connectivity index (χ3v) is 6.41. The first-order valence-corrected chi connectivity index (χ1v) is 12.4. The molecule has 2 N–H and O–H groups in total. The fourth-order valence-electron chi connectivity index (χ4n) is 4.30. The van der Waals surface area contributed by atoms with Crippen molar-refractivity contribution in [3.8, 4) is 23.0 Å². The van der Waals surface area contributed by atoms with Gasteiger partial charge in [-0.3, -0.25) is 14.4 Å². The van der Waals surface area contributed by atoms with Crippen molar-refractivity contribution >= 4 is 45.1 Å². The van der Waals surface area contributed by atoms with E-state index in [1.54, 1.807) is 72.8 Å². The molecule has 0 radical (unpaired) electrons. The highest BCUT2D eigenvalue weighted by Crippen LogP contribution is 2.27. The van der Waals surface area contributed by atoms with Gasteiger partial charge in [-0.2, -0.15) is 0 Å². The third kappa shape index (κ3) is 5.62. The molecule has 4 aromatic carbocycles. The van der Waals surface area contributed by atoms with Crippen molar-refractivity contribution in [2.24, 2.45) is 0 Å². The molecule has 208 valence electrons. The van der Waals surface area contributed by atoms with Crippen LogP contribution in [0.15, 0.2) is 82.0 Å². The molecule has 10 heteroatoms. The minimum Gasteiger partial charge on any atom is -0.497 e. The zero-order chi connectivity index (χ0) is 29.1. The zero-order valence-corrected chi connectivity index (χ0v) is 22.7. The van der Waals surface area contributed by atoms with E-state index in [4.69, 9.17) is 23.4 Å². The second-order valence-electron chi connectivity index (χ2n) is 8.96. The lowest BCUT2D eigenvalue weighted by molar-refractivity contribution is 0.101. The van der Waals surface area contributed by atoms with Gasteiger partial charge >= 0.3 is 0 Å². The smallest absolute Gasteiger partial charge is 0.255 e. The normalized spacial score (nSPS) is 10.7. The van der Waals surface area contributed by atoms with Gasteiger partial charge in [-0.25, -0.2) is 0 Å². The molecule has 0 spiro atoms. The van der Waals surface area contributed by atoms with E-state index < -0.39 is 11.8 Å². The number of anilines is 2. The molecule has 0 fully saturated rings. The molecule has 0 aliphatic heterocycles. The van der Waals surface area contributed by atoms with Gasteiger partial charge in [0.2, 0.25) is 5.43 Å². The number of fused-ring (bicyclic) bond motifs is 2. The summed E-state index contributed by atoms with van der Waals surface area (Å²) in [5.41, 5.74) is 1.81. The molecule has 10 nitrogen and oxygen atoms in total. The predicted molar refractivity (Wildman–Crippen MR) is 155 cm³/mol. The molecular weight excluding hydrogens is 528 g/mol. The molecule has 0 aliphatic rings. The Balaban J connectivity index is 1.45. The molecule has 41 heavy (non-hydrogen) atoms. The number of ether oxygens (including phenoxy) is 4. The molecule has 1 aromatic heterocycles. The van der Waals surface area contributed by atoms with E-state index in [0.29, 0.717) is 56.7 Å². The number of carbonyl (C=O) groups excluding carboxylic acids is 2. The van der Waals surface area contributed by atoms with Crippen LogP contribution in [0.25, 0.3) is 21.9 Å². The highest BCUT2D eigenvalue weighted by atomic mass is 16.5. The van der Waals surface area contributed by atoms with Gasteiger partial charge in [-0.15, -0.1) is 0 Å². The zero-order valence-electron chi connectivity index (χ0n) is 22.7. The van der Waals surface area contributed by atoms with Gasteiger partial charge in [0, 0.05) is 34.6 Å². The van der Waals surface area contributed by atoms with Crippen molar-refractivity contribution in [2.45, 2.75) is 0 Å². The first-order chi connectivity index (χ1) is 19.8. The van der Waals surface area contributed by atoms with Crippen LogP contribution in [0, 0.1) is 0 Å². The van der Waals surface area contributed by atoms with E-state index in [1.165, 1.54) is 28.4 Å². The fourth-order valence-corrected chi connectivity index (χ4v) is 4.30. The summed E-state index contributed by atoms with van der Waals surface area (Å²) in [5.74, 6) is 1.04. The fraction of sp³-hybridized carbons (Fsp3) is 0.129. The Labute approximate surface area is 234 Å². The van der Waals surface area contributed by atoms with Crippen LogP contribution in [-0.2, 0) is 0 Å². The van der Waals surface area contributed by atoms with Crippen molar-refractivity contribution in [2.75, 3.05) is 39.1 Å². The van der Waals surface area contributed by atoms with Crippen LogP contribution >= 0.6 is 0 Å². The number of benzene rings is 4. The number of hydrogen-bond acceptors (Lipinski definition) is 8. The van der Waals surface area contributed by atoms with Gasteiger partial charge in [-0.05, 0) is 60.7 Å². The number of amides is 2. The lowest BCUT2D eigenvalue weighted by Crippen LogP contribution is -2.13. The summed E-state index contributed by atoms with van der Waals surface area (Å²) in [6, 6.07) is 19.3. The van der Waals surface area contributed by atoms with Crippen molar-refractivity contribution in [3.05, 3.63) is 94.1 Å². The molecule has 0 bridgehead atoms. The van der Waals surface area contributed by atoms with Crippen LogP contribution in [-0.4, -0.2) is 40.3 Å². The Bertz CT molecular complexity index is 1690. The number of nitrogens with one attached hydrogen (secondary N) is 2. The van der Waals surface area contributed by atoms with Gasteiger partial charge in [0.15, 0.2) is 0 Å². The molecule has 0 saturated carbocycles. The van der Waals surface area contributed by atoms with Crippen molar-refractivity contribution in [1.82, 2.24) is 0 Å². The highest BCUT2D eigenvalue weighted by Gasteiger charge is 2.15. The third-order valence-electron chi connectivity index (χ3n) is 6.41. The largest absolute Gasteiger partial charge is 0.497 e. The maximum Gasteiger partial charge on any atom is 0.255 e. The maximum atomic E-state index is 13.5. The van der Waals surface area contributed by atoms with Gasteiger partial charge in [0.1, 0.15) is 34.2 Å². The lowest BCUT2D eigenvalue weighted by Gasteiger charge is -2.11. The highest BCUT2D eigenvalue weighted by molar-refractivity contribution is 6.07. The molecule has 2 amide bonds. The first kappa shape index (κ1) is 27.1.